The van der Waals surface area contributed by atoms with Crippen LogP contribution in [0.25, 0.3) is 0 Å². The van der Waals surface area contributed by atoms with Crippen molar-refractivity contribution in [2.75, 3.05) is 19.8 Å². The lowest BCUT2D eigenvalue weighted by molar-refractivity contribution is -0.0778. The molecule has 1 aliphatic carbocycles. The van der Waals surface area contributed by atoms with Crippen molar-refractivity contribution >= 4 is 0 Å². The number of alkyl halides is 2. The molecule has 3 rings (SSSR count). The SMILES string of the molecule is C=CCOc1ccc(OCC(F)(F)CC2CCC(C3CCC(CCCCC)CO3)CC2)cc1F. The Balaban J connectivity index is 1.36. The van der Waals surface area contributed by atoms with E-state index < -0.39 is 18.3 Å². The van der Waals surface area contributed by atoms with Crippen molar-refractivity contribution in [1.82, 2.24) is 0 Å². The molecule has 2 fully saturated rings. The van der Waals surface area contributed by atoms with Gasteiger partial charge in [0, 0.05) is 19.1 Å². The Labute approximate surface area is 203 Å². The molecule has 1 aromatic carbocycles. The molecule has 0 spiro atoms. The highest BCUT2D eigenvalue weighted by Crippen LogP contribution is 2.40. The fraction of sp³-hybridized carbons (Fsp3) is 0.714. The van der Waals surface area contributed by atoms with Gasteiger partial charge in [-0.3, -0.25) is 0 Å². The van der Waals surface area contributed by atoms with Gasteiger partial charge in [0.2, 0.25) is 0 Å². The summed E-state index contributed by atoms with van der Waals surface area (Å²) in [5.74, 6) is -2.27. The summed E-state index contributed by atoms with van der Waals surface area (Å²) in [4.78, 5) is 0. The smallest absolute Gasteiger partial charge is 0.281 e. The molecule has 3 nitrogen and oxygen atoms in total. The van der Waals surface area contributed by atoms with Crippen LogP contribution in [0.5, 0.6) is 11.5 Å². The van der Waals surface area contributed by atoms with Gasteiger partial charge in [0.1, 0.15) is 12.4 Å². The van der Waals surface area contributed by atoms with E-state index in [-0.39, 0.29) is 30.4 Å². The van der Waals surface area contributed by atoms with E-state index in [0.29, 0.717) is 17.9 Å². The van der Waals surface area contributed by atoms with Gasteiger partial charge in [-0.05, 0) is 74.8 Å². The van der Waals surface area contributed by atoms with Crippen LogP contribution in [0.15, 0.2) is 30.9 Å². The summed E-state index contributed by atoms with van der Waals surface area (Å²) in [5, 5.41) is 0. The minimum atomic E-state index is -2.95. The van der Waals surface area contributed by atoms with Gasteiger partial charge in [0.25, 0.3) is 5.92 Å². The van der Waals surface area contributed by atoms with E-state index in [1.54, 1.807) is 0 Å². The van der Waals surface area contributed by atoms with E-state index >= 15 is 0 Å². The molecule has 0 bridgehead atoms. The summed E-state index contributed by atoms with van der Waals surface area (Å²) in [6, 6.07) is 3.91. The topological polar surface area (TPSA) is 27.7 Å². The summed E-state index contributed by atoms with van der Waals surface area (Å²) in [6.07, 6.45) is 12.6. The van der Waals surface area contributed by atoms with Crippen molar-refractivity contribution in [3.05, 3.63) is 36.7 Å². The Kier molecular flexibility index (Phi) is 10.6. The van der Waals surface area contributed by atoms with Crippen LogP contribution in [0, 0.1) is 23.6 Å². The molecule has 0 amide bonds. The molecule has 1 aromatic rings. The minimum Gasteiger partial charge on any atom is -0.487 e. The Morgan fingerprint density at radius 3 is 2.47 bits per heavy atom. The highest BCUT2D eigenvalue weighted by Gasteiger charge is 2.37. The monoisotopic (exact) mass is 482 g/mol. The van der Waals surface area contributed by atoms with Gasteiger partial charge in [-0.25, -0.2) is 13.2 Å². The zero-order chi connectivity index (χ0) is 24.4. The molecule has 0 radical (unpaired) electrons. The second kappa shape index (κ2) is 13.4. The van der Waals surface area contributed by atoms with Gasteiger partial charge in [-0.15, -0.1) is 0 Å². The first-order valence-electron chi connectivity index (χ1n) is 13.1. The summed E-state index contributed by atoms with van der Waals surface area (Å²) < 4.78 is 59.8. The largest absolute Gasteiger partial charge is 0.487 e. The van der Waals surface area contributed by atoms with Crippen LogP contribution >= 0.6 is 0 Å². The van der Waals surface area contributed by atoms with Gasteiger partial charge in [-0.2, -0.15) is 0 Å². The molecule has 34 heavy (non-hydrogen) atoms. The molecule has 1 aliphatic heterocycles. The first kappa shape index (κ1) is 26.9. The highest BCUT2D eigenvalue weighted by molar-refractivity contribution is 5.33. The van der Waals surface area contributed by atoms with Crippen molar-refractivity contribution in [3.8, 4) is 11.5 Å². The van der Waals surface area contributed by atoms with Crippen LogP contribution in [-0.2, 0) is 4.74 Å². The molecule has 6 heteroatoms. The highest BCUT2D eigenvalue weighted by atomic mass is 19.3. The number of rotatable bonds is 13. The first-order valence-corrected chi connectivity index (χ1v) is 13.1. The van der Waals surface area contributed by atoms with E-state index in [1.807, 2.05) is 0 Å². The van der Waals surface area contributed by atoms with Crippen LogP contribution in [0.2, 0.25) is 0 Å². The van der Waals surface area contributed by atoms with Crippen LogP contribution in [0.4, 0.5) is 13.2 Å². The lowest BCUT2D eigenvalue weighted by Crippen LogP contribution is -2.35. The van der Waals surface area contributed by atoms with Crippen LogP contribution < -0.4 is 9.47 Å². The Morgan fingerprint density at radius 2 is 1.82 bits per heavy atom. The average Bonchev–Trinajstić information content (AvgIpc) is 2.83. The summed E-state index contributed by atoms with van der Waals surface area (Å²) in [7, 11) is 0. The minimum absolute atomic E-state index is 0.00773. The molecular weight excluding hydrogens is 441 g/mol. The maximum Gasteiger partial charge on any atom is 0.281 e. The van der Waals surface area contributed by atoms with E-state index in [9.17, 15) is 13.2 Å². The Bertz CT molecular complexity index is 738. The fourth-order valence-electron chi connectivity index (χ4n) is 5.38. The van der Waals surface area contributed by atoms with E-state index in [4.69, 9.17) is 14.2 Å². The molecule has 2 atom stereocenters. The molecule has 1 saturated carbocycles. The van der Waals surface area contributed by atoms with E-state index in [1.165, 1.54) is 50.3 Å². The maximum absolute atomic E-state index is 14.6. The van der Waals surface area contributed by atoms with Gasteiger partial charge >= 0.3 is 0 Å². The van der Waals surface area contributed by atoms with Gasteiger partial charge in [-0.1, -0.05) is 38.8 Å². The molecule has 192 valence electrons. The molecular formula is C28H41F3O3. The summed E-state index contributed by atoms with van der Waals surface area (Å²) in [5.41, 5.74) is 0. The summed E-state index contributed by atoms with van der Waals surface area (Å²) in [6.45, 7) is 6.03. The van der Waals surface area contributed by atoms with E-state index in [0.717, 1.165) is 44.8 Å². The third-order valence-corrected chi connectivity index (χ3v) is 7.34. The van der Waals surface area contributed by atoms with Crippen molar-refractivity contribution in [1.29, 1.82) is 0 Å². The van der Waals surface area contributed by atoms with Gasteiger partial charge in [0.15, 0.2) is 18.2 Å². The number of hydrogen-bond donors (Lipinski definition) is 0. The van der Waals surface area contributed by atoms with Crippen molar-refractivity contribution in [2.45, 2.75) is 89.6 Å². The molecule has 2 aliphatic rings. The zero-order valence-corrected chi connectivity index (χ0v) is 20.6. The lowest BCUT2D eigenvalue weighted by Gasteiger charge is -2.38. The standard InChI is InChI=1S/C28H41F3O3/c1-3-5-6-7-22-10-14-26(33-19-22)23-11-8-21(9-12-23)18-28(30,31)20-34-24-13-15-27(25(29)17-24)32-16-4-2/h4,13,15,17,21-23,26H,2-3,5-12,14,16,18-20H2,1H3. The Morgan fingerprint density at radius 1 is 1.06 bits per heavy atom. The first-order chi connectivity index (χ1) is 16.4. The van der Waals surface area contributed by atoms with Gasteiger partial charge in [0.05, 0.1) is 6.10 Å². The average molecular weight is 483 g/mol. The second-order valence-corrected chi connectivity index (χ2v) is 10.1. The number of unbranched alkanes of at least 4 members (excludes halogenated alkanes) is 2. The lowest BCUT2D eigenvalue weighted by atomic mass is 9.75. The molecule has 1 saturated heterocycles. The van der Waals surface area contributed by atoms with Crippen molar-refractivity contribution in [2.24, 2.45) is 17.8 Å². The third kappa shape index (κ3) is 8.51. The van der Waals surface area contributed by atoms with Crippen molar-refractivity contribution < 1.29 is 27.4 Å². The maximum atomic E-state index is 14.6. The predicted molar refractivity (Wildman–Crippen MR) is 129 cm³/mol. The van der Waals surface area contributed by atoms with E-state index in [2.05, 4.69) is 13.5 Å². The van der Waals surface area contributed by atoms with Crippen molar-refractivity contribution in [3.63, 3.8) is 0 Å². The van der Waals surface area contributed by atoms with Crippen LogP contribution in [0.1, 0.15) is 77.6 Å². The third-order valence-electron chi connectivity index (χ3n) is 7.34. The van der Waals surface area contributed by atoms with Crippen LogP contribution in [-0.4, -0.2) is 31.8 Å². The fourth-order valence-corrected chi connectivity index (χ4v) is 5.38. The quantitative estimate of drug-likeness (QED) is 0.211. The Hall–Kier alpha value is -1.69. The molecule has 0 aromatic heterocycles. The van der Waals surface area contributed by atoms with Crippen LogP contribution in [0.3, 0.4) is 0 Å². The number of hydrogen-bond acceptors (Lipinski definition) is 3. The summed E-state index contributed by atoms with van der Waals surface area (Å²) >= 11 is 0. The molecule has 2 unspecified atom stereocenters. The second-order valence-electron chi connectivity index (χ2n) is 10.1. The number of benzene rings is 1. The number of ether oxygens (including phenoxy) is 3. The predicted octanol–water partition coefficient (Wildman–Crippen LogP) is 7.98. The normalized spacial score (nSPS) is 25.6. The zero-order valence-electron chi connectivity index (χ0n) is 20.6. The number of halogens is 3. The molecule has 1 heterocycles. The van der Waals surface area contributed by atoms with Gasteiger partial charge < -0.3 is 14.2 Å². The molecule has 0 N–H and O–H groups in total.